The van der Waals surface area contributed by atoms with Gasteiger partial charge in [-0.25, -0.2) is 13.6 Å². The number of halogens is 3. The maximum atomic E-state index is 14.3. The van der Waals surface area contributed by atoms with Crippen LogP contribution in [-0.2, 0) is 15.2 Å². The molecule has 6 nitrogen and oxygen atoms in total. The average Bonchev–Trinajstić information content (AvgIpc) is 3.32. The van der Waals surface area contributed by atoms with E-state index in [-0.39, 0.29) is 18.4 Å². The van der Waals surface area contributed by atoms with Crippen LogP contribution in [0, 0.1) is 30.4 Å². The molecule has 0 bridgehead atoms. The predicted octanol–water partition coefficient (Wildman–Crippen LogP) is 7.83. The Kier molecular flexibility index (Phi) is 8.88. The van der Waals surface area contributed by atoms with Crippen LogP contribution in [0.4, 0.5) is 20.2 Å². The SMILES string of the molecule is CCOC(=O)COc1ccc(OCC(C2CCCCC2)C2(c3ccc(Cl)cc3)Nc3cc(F)c(F)cc3N2)cc1C. The van der Waals surface area contributed by atoms with Gasteiger partial charge in [0.05, 0.1) is 24.6 Å². The smallest absolute Gasteiger partial charge is 0.344 e. The molecule has 2 N–H and O–H groups in total. The third kappa shape index (κ3) is 6.38. The topological polar surface area (TPSA) is 68.8 Å². The third-order valence-corrected chi connectivity index (χ3v) is 8.28. The minimum atomic E-state index is -0.906. The van der Waals surface area contributed by atoms with Crippen molar-refractivity contribution in [1.29, 1.82) is 0 Å². The molecule has 0 spiro atoms. The van der Waals surface area contributed by atoms with Gasteiger partial charge in [-0.3, -0.25) is 0 Å². The van der Waals surface area contributed by atoms with E-state index in [1.807, 2.05) is 43.3 Å². The summed E-state index contributed by atoms with van der Waals surface area (Å²) in [7, 11) is 0. The number of anilines is 2. The lowest BCUT2D eigenvalue weighted by molar-refractivity contribution is -0.145. The second kappa shape index (κ2) is 12.6. The molecule has 0 saturated heterocycles. The number of benzene rings is 3. The Morgan fingerprint density at radius 1 is 0.976 bits per heavy atom. The fraction of sp³-hybridized carbons (Fsp3) is 0.406. The summed E-state index contributed by atoms with van der Waals surface area (Å²) in [6.45, 7) is 4.11. The fourth-order valence-electron chi connectivity index (χ4n) is 6.02. The van der Waals surface area contributed by atoms with Crippen LogP contribution in [-0.4, -0.2) is 25.8 Å². The summed E-state index contributed by atoms with van der Waals surface area (Å²) in [5.41, 5.74) is 1.84. The van der Waals surface area contributed by atoms with Crippen LogP contribution >= 0.6 is 11.6 Å². The van der Waals surface area contributed by atoms with Crippen LogP contribution in [0.25, 0.3) is 0 Å². The number of fused-ring (bicyclic) bond motifs is 1. The van der Waals surface area contributed by atoms with E-state index in [4.69, 9.17) is 25.8 Å². The number of nitrogens with one attached hydrogen (secondary N) is 2. The fourth-order valence-corrected chi connectivity index (χ4v) is 6.14. The number of hydrogen-bond acceptors (Lipinski definition) is 6. The van der Waals surface area contributed by atoms with Crippen molar-refractivity contribution in [3.8, 4) is 11.5 Å². The van der Waals surface area contributed by atoms with E-state index in [1.54, 1.807) is 13.0 Å². The molecule has 218 valence electrons. The largest absolute Gasteiger partial charge is 0.493 e. The van der Waals surface area contributed by atoms with Gasteiger partial charge >= 0.3 is 5.97 Å². The van der Waals surface area contributed by atoms with Gasteiger partial charge in [-0.15, -0.1) is 0 Å². The molecule has 3 aromatic carbocycles. The van der Waals surface area contributed by atoms with Gasteiger partial charge in [0, 0.05) is 23.1 Å². The molecular weight excluding hydrogens is 550 g/mol. The normalized spacial score (nSPS) is 16.7. The van der Waals surface area contributed by atoms with Crippen molar-refractivity contribution in [3.63, 3.8) is 0 Å². The van der Waals surface area contributed by atoms with Gasteiger partial charge in [-0.2, -0.15) is 0 Å². The number of aryl methyl sites for hydroxylation is 1. The van der Waals surface area contributed by atoms with Crippen molar-refractivity contribution in [2.24, 2.45) is 11.8 Å². The first-order valence-corrected chi connectivity index (χ1v) is 14.5. The van der Waals surface area contributed by atoms with E-state index in [0.717, 1.165) is 36.8 Å². The van der Waals surface area contributed by atoms with Crippen LogP contribution in [0.3, 0.4) is 0 Å². The molecule has 1 aliphatic heterocycles. The Morgan fingerprint density at radius 3 is 2.24 bits per heavy atom. The molecular formula is C32H35ClF2N2O4. The van der Waals surface area contributed by atoms with Crippen molar-refractivity contribution in [1.82, 2.24) is 0 Å². The highest BCUT2D eigenvalue weighted by Crippen LogP contribution is 2.49. The zero-order chi connectivity index (χ0) is 29.0. The number of esters is 1. The number of carbonyl (C=O) groups excluding carboxylic acids is 1. The maximum absolute atomic E-state index is 14.3. The lowest BCUT2D eigenvalue weighted by Gasteiger charge is -2.44. The van der Waals surface area contributed by atoms with Crippen LogP contribution in [0.15, 0.2) is 54.6 Å². The van der Waals surface area contributed by atoms with Gasteiger partial charge in [-0.1, -0.05) is 43.0 Å². The highest BCUT2D eigenvalue weighted by atomic mass is 35.5. The Hall–Kier alpha value is -3.52. The molecule has 1 heterocycles. The van der Waals surface area contributed by atoms with E-state index < -0.39 is 23.3 Å². The molecule has 1 fully saturated rings. The molecule has 1 unspecified atom stereocenters. The first kappa shape index (κ1) is 29.0. The maximum Gasteiger partial charge on any atom is 0.344 e. The molecule has 1 saturated carbocycles. The summed E-state index contributed by atoms with van der Waals surface area (Å²) in [5, 5.41) is 7.68. The summed E-state index contributed by atoms with van der Waals surface area (Å²) < 4.78 is 45.6. The monoisotopic (exact) mass is 584 g/mol. The van der Waals surface area contributed by atoms with Gasteiger partial charge in [0.25, 0.3) is 0 Å². The molecule has 9 heteroatoms. The lowest BCUT2D eigenvalue weighted by atomic mass is 9.72. The number of ether oxygens (including phenoxy) is 3. The molecule has 3 aromatic rings. The van der Waals surface area contributed by atoms with Crippen molar-refractivity contribution in [2.45, 2.75) is 51.6 Å². The molecule has 41 heavy (non-hydrogen) atoms. The molecule has 1 atom stereocenters. The molecule has 5 rings (SSSR count). The van der Waals surface area contributed by atoms with E-state index >= 15 is 0 Å². The number of rotatable bonds is 10. The van der Waals surface area contributed by atoms with Gasteiger partial charge < -0.3 is 24.8 Å². The van der Waals surface area contributed by atoms with Crippen LogP contribution in [0.2, 0.25) is 5.02 Å². The average molecular weight is 585 g/mol. The zero-order valence-corrected chi connectivity index (χ0v) is 24.0. The molecule has 0 amide bonds. The van der Waals surface area contributed by atoms with Gasteiger partial charge in [-0.05, 0) is 74.1 Å². The van der Waals surface area contributed by atoms with Crippen LogP contribution < -0.4 is 20.1 Å². The van der Waals surface area contributed by atoms with Crippen molar-refractivity contribution >= 4 is 28.9 Å². The quantitative estimate of drug-likeness (QED) is 0.237. The van der Waals surface area contributed by atoms with E-state index in [2.05, 4.69) is 10.6 Å². The highest BCUT2D eigenvalue weighted by molar-refractivity contribution is 6.30. The summed E-state index contributed by atoms with van der Waals surface area (Å²) in [6.07, 6.45) is 5.44. The standard InChI is InChI=1S/C32H35ClF2N2O4/c1-3-39-31(38)19-41-30-14-13-24(15-20(30)2)40-18-25(21-7-5-4-6-8-21)32(22-9-11-23(33)12-10-22)36-28-16-26(34)27(35)17-29(28)37-32/h9-17,21,25,36-37H,3-8,18-19H2,1-2H3. The zero-order valence-electron chi connectivity index (χ0n) is 23.3. The summed E-state index contributed by atoms with van der Waals surface area (Å²) in [5.74, 6) is -0.824. The number of hydrogen-bond donors (Lipinski definition) is 2. The minimum Gasteiger partial charge on any atom is -0.493 e. The summed E-state index contributed by atoms with van der Waals surface area (Å²) in [6, 6.07) is 15.4. The second-order valence-electron chi connectivity index (χ2n) is 10.7. The second-order valence-corrected chi connectivity index (χ2v) is 11.1. The molecule has 2 aliphatic rings. The van der Waals surface area contributed by atoms with Crippen LogP contribution in [0.5, 0.6) is 11.5 Å². The van der Waals surface area contributed by atoms with E-state index in [0.29, 0.717) is 41.1 Å². The summed E-state index contributed by atoms with van der Waals surface area (Å²) >= 11 is 6.25. The summed E-state index contributed by atoms with van der Waals surface area (Å²) in [4.78, 5) is 11.7. The van der Waals surface area contributed by atoms with Crippen molar-refractivity contribution in [2.75, 3.05) is 30.5 Å². The minimum absolute atomic E-state index is 0.109. The van der Waals surface area contributed by atoms with Gasteiger partial charge in [0.1, 0.15) is 17.2 Å². The van der Waals surface area contributed by atoms with E-state index in [1.165, 1.54) is 18.6 Å². The third-order valence-electron chi connectivity index (χ3n) is 8.03. The van der Waals surface area contributed by atoms with Gasteiger partial charge in [0.2, 0.25) is 0 Å². The Bertz CT molecular complexity index is 1350. The first-order valence-electron chi connectivity index (χ1n) is 14.1. The Labute approximate surface area is 244 Å². The molecule has 0 radical (unpaired) electrons. The van der Waals surface area contributed by atoms with Crippen molar-refractivity contribution < 1.29 is 27.8 Å². The predicted molar refractivity (Wildman–Crippen MR) is 156 cm³/mol. The Morgan fingerprint density at radius 2 is 1.63 bits per heavy atom. The highest BCUT2D eigenvalue weighted by Gasteiger charge is 2.49. The van der Waals surface area contributed by atoms with Crippen molar-refractivity contribution in [3.05, 3.63) is 82.4 Å². The molecule has 0 aromatic heterocycles. The number of carbonyl (C=O) groups is 1. The van der Waals surface area contributed by atoms with Gasteiger partial charge in [0.15, 0.2) is 18.2 Å². The molecule has 1 aliphatic carbocycles. The van der Waals surface area contributed by atoms with Crippen LogP contribution in [0.1, 0.15) is 50.2 Å². The lowest BCUT2D eigenvalue weighted by Crippen LogP contribution is -2.51. The first-order chi connectivity index (χ1) is 19.8. The Balaban J connectivity index is 1.44. The van der Waals surface area contributed by atoms with E-state index in [9.17, 15) is 13.6 Å².